The average Bonchev–Trinajstić information content (AvgIpc) is 2.70. The molecule has 0 N–H and O–H groups in total. The number of aryl methyl sites for hydroxylation is 1. The van der Waals surface area contributed by atoms with Crippen LogP contribution in [0.15, 0.2) is 24.5 Å². The number of imidazole rings is 1. The topological polar surface area (TPSA) is 34.9 Å². The summed E-state index contributed by atoms with van der Waals surface area (Å²) in [6.45, 7) is 0. The molecule has 6 heteroatoms. The minimum atomic E-state index is -1.60. The van der Waals surface area contributed by atoms with Crippen LogP contribution in [0, 0.1) is 17.5 Å². The van der Waals surface area contributed by atoms with Crippen LogP contribution in [0.1, 0.15) is 16.2 Å². The van der Waals surface area contributed by atoms with Crippen molar-refractivity contribution in [2.75, 3.05) is 0 Å². The predicted octanol–water partition coefficient (Wildman–Crippen LogP) is 2.07. The molecule has 0 aliphatic heterocycles. The summed E-state index contributed by atoms with van der Waals surface area (Å²) in [7, 11) is 1.57. The molecule has 0 aliphatic carbocycles. The summed E-state index contributed by atoms with van der Waals surface area (Å²) in [5.74, 6) is -5.04. The molecule has 0 spiro atoms. The molecular weight excluding hydrogens is 233 g/mol. The molecule has 0 saturated carbocycles. The van der Waals surface area contributed by atoms with Gasteiger partial charge in [-0.3, -0.25) is 4.79 Å². The molecule has 0 amide bonds. The number of carbonyl (C=O) groups is 1. The maximum atomic E-state index is 12.9. The van der Waals surface area contributed by atoms with Crippen LogP contribution in [0.4, 0.5) is 13.2 Å². The Balaban J connectivity index is 2.49. The zero-order valence-electron chi connectivity index (χ0n) is 8.75. The first-order valence-electron chi connectivity index (χ1n) is 4.67. The number of carbonyl (C=O) groups excluding carboxylic acids is 1. The predicted molar refractivity (Wildman–Crippen MR) is 53.0 cm³/mol. The van der Waals surface area contributed by atoms with Gasteiger partial charge in [0.1, 0.15) is 0 Å². The van der Waals surface area contributed by atoms with E-state index in [-0.39, 0.29) is 11.4 Å². The Labute approximate surface area is 94.5 Å². The normalized spacial score (nSPS) is 10.6. The lowest BCUT2D eigenvalue weighted by Crippen LogP contribution is -2.10. The van der Waals surface area contributed by atoms with Crippen LogP contribution in [0.5, 0.6) is 0 Å². The Hall–Kier alpha value is -2.11. The largest absolute Gasteiger partial charge is 0.331 e. The van der Waals surface area contributed by atoms with E-state index < -0.39 is 23.2 Å². The lowest BCUT2D eigenvalue weighted by Gasteiger charge is -2.02. The van der Waals surface area contributed by atoms with Crippen LogP contribution in [0.2, 0.25) is 0 Å². The van der Waals surface area contributed by atoms with Gasteiger partial charge in [0.15, 0.2) is 23.3 Å². The molecule has 2 rings (SSSR count). The SMILES string of the molecule is Cn1ccnc1C(=O)c1cc(F)c(F)c(F)c1. The Kier molecular flexibility index (Phi) is 2.71. The molecule has 0 radical (unpaired) electrons. The minimum absolute atomic E-state index is 0.0235. The highest BCUT2D eigenvalue weighted by Crippen LogP contribution is 2.16. The molecule has 17 heavy (non-hydrogen) atoms. The quantitative estimate of drug-likeness (QED) is 0.595. The zero-order chi connectivity index (χ0) is 12.6. The lowest BCUT2D eigenvalue weighted by molar-refractivity contribution is 0.102. The Morgan fingerprint density at radius 2 is 1.82 bits per heavy atom. The third-order valence-electron chi connectivity index (χ3n) is 2.27. The number of nitrogens with zero attached hydrogens (tertiary/aromatic N) is 2. The van der Waals surface area contributed by atoms with Crippen molar-refractivity contribution < 1.29 is 18.0 Å². The fraction of sp³-hybridized carbons (Fsp3) is 0.0909. The van der Waals surface area contributed by atoms with E-state index in [1.54, 1.807) is 7.05 Å². The Morgan fingerprint density at radius 1 is 1.24 bits per heavy atom. The number of ketones is 1. The van der Waals surface area contributed by atoms with Gasteiger partial charge in [-0.2, -0.15) is 0 Å². The van der Waals surface area contributed by atoms with Crippen LogP contribution in [-0.4, -0.2) is 15.3 Å². The molecular formula is C11H7F3N2O. The summed E-state index contributed by atoms with van der Waals surface area (Å²) in [6.07, 6.45) is 2.90. The van der Waals surface area contributed by atoms with Gasteiger partial charge in [0.05, 0.1) is 0 Å². The molecule has 1 aromatic heterocycles. The highest BCUT2D eigenvalue weighted by Gasteiger charge is 2.18. The van der Waals surface area contributed by atoms with Gasteiger partial charge >= 0.3 is 0 Å². The van der Waals surface area contributed by atoms with Gasteiger partial charge in [0, 0.05) is 25.0 Å². The summed E-state index contributed by atoms with van der Waals surface area (Å²) in [6, 6.07) is 1.30. The highest BCUT2D eigenvalue weighted by molar-refractivity contribution is 6.06. The second kappa shape index (κ2) is 4.04. The van der Waals surface area contributed by atoms with E-state index in [2.05, 4.69) is 4.98 Å². The van der Waals surface area contributed by atoms with E-state index in [0.29, 0.717) is 12.1 Å². The Bertz CT molecular complexity index is 569. The second-order valence-corrected chi connectivity index (χ2v) is 3.44. The molecule has 0 atom stereocenters. The fourth-order valence-electron chi connectivity index (χ4n) is 1.40. The first kappa shape index (κ1) is 11.4. The smallest absolute Gasteiger partial charge is 0.228 e. The van der Waals surface area contributed by atoms with Gasteiger partial charge in [0.25, 0.3) is 0 Å². The van der Waals surface area contributed by atoms with Crippen molar-refractivity contribution in [1.82, 2.24) is 9.55 Å². The van der Waals surface area contributed by atoms with Crippen molar-refractivity contribution in [3.8, 4) is 0 Å². The van der Waals surface area contributed by atoms with Crippen molar-refractivity contribution in [2.24, 2.45) is 7.05 Å². The van der Waals surface area contributed by atoms with Crippen molar-refractivity contribution in [3.63, 3.8) is 0 Å². The molecule has 2 aromatic rings. The summed E-state index contributed by atoms with van der Waals surface area (Å²) in [5, 5.41) is 0. The van der Waals surface area contributed by atoms with Gasteiger partial charge in [-0.25, -0.2) is 18.2 Å². The third-order valence-corrected chi connectivity index (χ3v) is 2.27. The monoisotopic (exact) mass is 240 g/mol. The standard InChI is InChI=1S/C11H7F3N2O/c1-16-3-2-15-11(16)10(17)6-4-7(12)9(14)8(13)5-6/h2-5H,1H3. The van der Waals surface area contributed by atoms with Crippen molar-refractivity contribution in [1.29, 1.82) is 0 Å². The van der Waals surface area contributed by atoms with E-state index in [9.17, 15) is 18.0 Å². The van der Waals surface area contributed by atoms with Crippen LogP contribution >= 0.6 is 0 Å². The number of hydrogen-bond donors (Lipinski definition) is 0. The molecule has 3 nitrogen and oxygen atoms in total. The molecule has 0 saturated heterocycles. The third kappa shape index (κ3) is 1.93. The van der Waals surface area contributed by atoms with Crippen LogP contribution in [-0.2, 0) is 7.05 Å². The summed E-state index contributed by atoms with van der Waals surface area (Å²) in [5.41, 5.74) is -0.282. The lowest BCUT2D eigenvalue weighted by atomic mass is 10.1. The number of hydrogen-bond acceptors (Lipinski definition) is 2. The number of halogens is 3. The molecule has 0 bridgehead atoms. The molecule has 88 valence electrons. The number of rotatable bonds is 2. The van der Waals surface area contributed by atoms with E-state index in [1.165, 1.54) is 17.0 Å². The fourth-order valence-corrected chi connectivity index (χ4v) is 1.40. The molecule has 0 unspecified atom stereocenters. The van der Waals surface area contributed by atoms with E-state index in [4.69, 9.17) is 0 Å². The summed E-state index contributed by atoms with van der Waals surface area (Å²) in [4.78, 5) is 15.6. The summed E-state index contributed by atoms with van der Waals surface area (Å²) >= 11 is 0. The van der Waals surface area contributed by atoms with E-state index in [0.717, 1.165) is 0 Å². The molecule has 0 fully saturated rings. The van der Waals surface area contributed by atoms with Crippen molar-refractivity contribution in [2.45, 2.75) is 0 Å². The van der Waals surface area contributed by atoms with Gasteiger partial charge < -0.3 is 4.57 Å². The molecule has 1 aromatic carbocycles. The maximum Gasteiger partial charge on any atom is 0.228 e. The van der Waals surface area contributed by atoms with Gasteiger partial charge in [-0.05, 0) is 12.1 Å². The average molecular weight is 240 g/mol. The summed E-state index contributed by atoms with van der Waals surface area (Å²) < 4.78 is 40.0. The van der Waals surface area contributed by atoms with Gasteiger partial charge in [-0.1, -0.05) is 0 Å². The van der Waals surface area contributed by atoms with Crippen LogP contribution in [0.3, 0.4) is 0 Å². The molecule has 1 heterocycles. The minimum Gasteiger partial charge on any atom is -0.331 e. The van der Waals surface area contributed by atoms with Crippen molar-refractivity contribution in [3.05, 3.63) is 53.4 Å². The van der Waals surface area contributed by atoms with Crippen LogP contribution < -0.4 is 0 Å². The van der Waals surface area contributed by atoms with E-state index in [1.807, 2.05) is 0 Å². The van der Waals surface area contributed by atoms with E-state index >= 15 is 0 Å². The first-order chi connectivity index (χ1) is 8.00. The van der Waals surface area contributed by atoms with Gasteiger partial charge in [-0.15, -0.1) is 0 Å². The van der Waals surface area contributed by atoms with Crippen LogP contribution in [0.25, 0.3) is 0 Å². The first-order valence-corrected chi connectivity index (χ1v) is 4.67. The number of aromatic nitrogens is 2. The zero-order valence-corrected chi connectivity index (χ0v) is 8.75. The van der Waals surface area contributed by atoms with Crippen molar-refractivity contribution >= 4 is 5.78 Å². The molecule has 0 aliphatic rings. The Morgan fingerprint density at radius 3 is 2.29 bits per heavy atom. The van der Waals surface area contributed by atoms with Gasteiger partial charge in [0.2, 0.25) is 5.78 Å². The highest BCUT2D eigenvalue weighted by atomic mass is 19.2. The number of benzene rings is 1. The maximum absolute atomic E-state index is 12.9. The second-order valence-electron chi connectivity index (χ2n) is 3.44.